The minimum Gasteiger partial charge on any atom is -0.478 e. The van der Waals surface area contributed by atoms with Crippen LogP contribution in [0.4, 0.5) is 10.1 Å². The van der Waals surface area contributed by atoms with Crippen molar-refractivity contribution in [1.82, 2.24) is 0 Å². The Bertz CT molecular complexity index is 1280. The van der Waals surface area contributed by atoms with Crippen molar-refractivity contribution in [2.75, 3.05) is 5.32 Å². The lowest BCUT2D eigenvalue weighted by Crippen LogP contribution is -2.33. The first-order valence-electron chi connectivity index (χ1n) is 10.3. The number of hydrogen-bond acceptors (Lipinski definition) is 4. The smallest absolute Gasteiger partial charge is 0.265 e. The van der Waals surface area contributed by atoms with Gasteiger partial charge in [0.15, 0.2) is 23.4 Å². The standard InChI is InChI=1S/C26H22FNO4/c1-3-20(31-22-11-7-5-9-19(22)27)26(30)28-23-18-8-4-6-10-21(18)32-25(23)24(29)17-14-12-16(2)13-15-17/h4-15,20H,3H2,1-2H3,(H,28,30)/t20-/m0/s1. The second-order valence-electron chi connectivity index (χ2n) is 7.43. The third-order valence-electron chi connectivity index (χ3n) is 5.13. The fourth-order valence-electron chi connectivity index (χ4n) is 3.38. The van der Waals surface area contributed by atoms with Crippen molar-refractivity contribution < 1.29 is 23.1 Å². The van der Waals surface area contributed by atoms with Crippen LogP contribution in [0.25, 0.3) is 11.0 Å². The average Bonchev–Trinajstić information content (AvgIpc) is 3.17. The van der Waals surface area contributed by atoms with Gasteiger partial charge in [0.05, 0.1) is 5.69 Å². The number of aryl methyl sites for hydroxylation is 1. The predicted octanol–water partition coefficient (Wildman–Crippen LogP) is 5.91. The Hall–Kier alpha value is -3.93. The van der Waals surface area contributed by atoms with Crippen LogP contribution < -0.4 is 10.1 Å². The van der Waals surface area contributed by atoms with E-state index in [1.807, 2.05) is 19.1 Å². The summed E-state index contributed by atoms with van der Waals surface area (Å²) >= 11 is 0. The summed E-state index contributed by atoms with van der Waals surface area (Å²) in [7, 11) is 0. The molecule has 162 valence electrons. The van der Waals surface area contributed by atoms with E-state index in [2.05, 4.69) is 5.32 Å². The molecule has 0 aliphatic heterocycles. The quantitative estimate of drug-likeness (QED) is 0.370. The molecule has 1 N–H and O–H groups in total. The Morgan fingerprint density at radius 3 is 2.41 bits per heavy atom. The molecule has 5 nitrogen and oxygen atoms in total. The number of furan rings is 1. The normalized spacial score (nSPS) is 11.8. The number of carbonyl (C=O) groups is 2. The van der Waals surface area contributed by atoms with Gasteiger partial charge in [-0.25, -0.2) is 4.39 Å². The zero-order valence-corrected chi connectivity index (χ0v) is 17.7. The number of rotatable bonds is 7. The fraction of sp³-hybridized carbons (Fsp3) is 0.154. The Morgan fingerprint density at radius 1 is 1.00 bits per heavy atom. The number of fused-ring (bicyclic) bond motifs is 1. The predicted molar refractivity (Wildman–Crippen MR) is 121 cm³/mol. The lowest BCUT2D eigenvalue weighted by Gasteiger charge is -2.17. The van der Waals surface area contributed by atoms with E-state index in [0.29, 0.717) is 23.0 Å². The number of ketones is 1. The molecule has 0 aliphatic carbocycles. The van der Waals surface area contributed by atoms with Gasteiger partial charge in [-0.3, -0.25) is 9.59 Å². The summed E-state index contributed by atoms with van der Waals surface area (Å²) < 4.78 is 25.4. The molecule has 1 amide bonds. The minimum absolute atomic E-state index is 0.0116. The summed E-state index contributed by atoms with van der Waals surface area (Å²) in [6.07, 6.45) is -0.653. The van der Waals surface area contributed by atoms with E-state index in [1.165, 1.54) is 12.1 Å². The van der Waals surface area contributed by atoms with Crippen LogP contribution in [-0.2, 0) is 4.79 Å². The first-order valence-corrected chi connectivity index (χ1v) is 10.3. The highest BCUT2D eigenvalue weighted by atomic mass is 19.1. The van der Waals surface area contributed by atoms with E-state index >= 15 is 0 Å². The molecule has 4 rings (SSSR count). The van der Waals surface area contributed by atoms with Crippen molar-refractivity contribution in [3.05, 3.63) is 95.5 Å². The number of hydrogen-bond donors (Lipinski definition) is 1. The summed E-state index contributed by atoms with van der Waals surface area (Å²) in [5, 5.41) is 3.38. The third-order valence-corrected chi connectivity index (χ3v) is 5.13. The van der Waals surface area contributed by atoms with Gasteiger partial charge in [-0.2, -0.15) is 0 Å². The van der Waals surface area contributed by atoms with E-state index in [-0.39, 0.29) is 23.0 Å². The van der Waals surface area contributed by atoms with E-state index in [4.69, 9.17) is 9.15 Å². The van der Waals surface area contributed by atoms with E-state index in [9.17, 15) is 14.0 Å². The van der Waals surface area contributed by atoms with Gasteiger partial charge in [-0.05, 0) is 37.6 Å². The molecule has 0 aliphatic rings. The molecule has 1 atom stereocenters. The maximum Gasteiger partial charge on any atom is 0.265 e. The van der Waals surface area contributed by atoms with Crippen molar-refractivity contribution in [3.63, 3.8) is 0 Å². The zero-order chi connectivity index (χ0) is 22.7. The minimum atomic E-state index is -0.956. The van der Waals surface area contributed by atoms with Crippen LogP contribution in [0.2, 0.25) is 0 Å². The van der Waals surface area contributed by atoms with Crippen LogP contribution in [-0.4, -0.2) is 17.8 Å². The van der Waals surface area contributed by atoms with Gasteiger partial charge in [0.1, 0.15) is 5.58 Å². The highest BCUT2D eigenvalue weighted by Gasteiger charge is 2.27. The molecule has 4 aromatic rings. The van der Waals surface area contributed by atoms with Gasteiger partial charge in [0, 0.05) is 10.9 Å². The first-order chi connectivity index (χ1) is 15.5. The van der Waals surface area contributed by atoms with Crippen molar-refractivity contribution in [2.45, 2.75) is 26.4 Å². The Kier molecular flexibility index (Phi) is 6.03. The Balaban J connectivity index is 1.67. The second kappa shape index (κ2) is 9.06. The molecule has 6 heteroatoms. The van der Waals surface area contributed by atoms with Gasteiger partial charge in [0.2, 0.25) is 5.78 Å². The Morgan fingerprint density at radius 2 is 1.69 bits per heavy atom. The average molecular weight is 431 g/mol. The van der Waals surface area contributed by atoms with Crippen LogP contribution in [0.15, 0.2) is 77.2 Å². The number of benzene rings is 3. The number of nitrogens with one attached hydrogen (secondary N) is 1. The van der Waals surface area contributed by atoms with Crippen molar-refractivity contribution >= 4 is 28.3 Å². The topological polar surface area (TPSA) is 68.5 Å². The van der Waals surface area contributed by atoms with Crippen LogP contribution in [0.1, 0.15) is 35.0 Å². The molecule has 1 heterocycles. The van der Waals surface area contributed by atoms with Crippen LogP contribution in [0, 0.1) is 12.7 Å². The Labute approximate surface area is 184 Å². The number of amides is 1. The number of halogens is 1. The maximum absolute atomic E-state index is 14.0. The highest BCUT2D eigenvalue weighted by Crippen LogP contribution is 2.33. The molecule has 0 spiro atoms. The maximum atomic E-state index is 14.0. The molecular weight excluding hydrogens is 409 g/mol. The largest absolute Gasteiger partial charge is 0.478 e. The molecule has 32 heavy (non-hydrogen) atoms. The fourth-order valence-corrected chi connectivity index (χ4v) is 3.38. The molecule has 0 bridgehead atoms. The molecule has 0 unspecified atom stereocenters. The number of ether oxygens (including phenoxy) is 1. The zero-order valence-electron chi connectivity index (χ0n) is 17.7. The lowest BCUT2D eigenvalue weighted by molar-refractivity contribution is -0.122. The number of para-hydroxylation sites is 2. The highest BCUT2D eigenvalue weighted by molar-refractivity contribution is 6.17. The SMILES string of the molecule is CC[C@H](Oc1ccccc1F)C(=O)Nc1c(C(=O)c2ccc(C)cc2)oc2ccccc12. The third kappa shape index (κ3) is 4.25. The van der Waals surface area contributed by atoms with E-state index < -0.39 is 17.8 Å². The van der Waals surface area contributed by atoms with Gasteiger partial charge >= 0.3 is 0 Å². The van der Waals surface area contributed by atoms with Gasteiger partial charge < -0.3 is 14.5 Å². The van der Waals surface area contributed by atoms with Gasteiger partial charge in [0.25, 0.3) is 5.91 Å². The summed E-state index contributed by atoms with van der Waals surface area (Å²) in [6, 6.07) is 20.1. The first kappa shape index (κ1) is 21.3. The molecule has 3 aromatic carbocycles. The van der Waals surface area contributed by atoms with Crippen LogP contribution >= 0.6 is 0 Å². The summed E-state index contributed by atoms with van der Waals surface area (Å²) in [5.74, 6) is -1.38. The number of carbonyl (C=O) groups excluding carboxylic acids is 2. The van der Waals surface area contributed by atoms with Crippen LogP contribution in [0.5, 0.6) is 5.75 Å². The summed E-state index contributed by atoms with van der Waals surface area (Å²) in [6.45, 7) is 3.69. The summed E-state index contributed by atoms with van der Waals surface area (Å²) in [5.41, 5.74) is 2.21. The molecule has 0 saturated heterocycles. The van der Waals surface area contributed by atoms with E-state index in [0.717, 1.165) is 5.56 Å². The molecule has 1 aromatic heterocycles. The van der Waals surface area contributed by atoms with Gasteiger partial charge in [-0.1, -0.05) is 61.0 Å². The monoisotopic (exact) mass is 431 g/mol. The molecule has 0 fully saturated rings. The molecule has 0 radical (unpaired) electrons. The molecule has 0 saturated carbocycles. The number of anilines is 1. The van der Waals surface area contributed by atoms with Crippen molar-refractivity contribution in [2.24, 2.45) is 0 Å². The van der Waals surface area contributed by atoms with Crippen LogP contribution in [0.3, 0.4) is 0 Å². The van der Waals surface area contributed by atoms with Crippen molar-refractivity contribution in [1.29, 1.82) is 0 Å². The molecular formula is C26H22FNO4. The second-order valence-corrected chi connectivity index (χ2v) is 7.43. The van der Waals surface area contributed by atoms with E-state index in [1.54, 1.807) is 55.5 Å². The lowest BCUT2D eigenvalue weighted by atomic mass is 10.1. The van der Waals surface area contributed by atoms with Gasteiger partial charge in [-0.15, -0.1) is 0 Å². The van der Waals surface area contributed by atoms with Crippen molar-refractivity contribution in [3.8, 4) is 5.75 Å². The summed E-state index contributed by atoms with van der Waals surface area (Å²) in [4.78, 5) is 26.2.